The fourth-order valence-electron chi connectivity index (χ4n) is 3.23. The summed E-state index contributed by atoms with van der Waals surface area (Å²) in [6.45, 7) is 1.48. The average Bonchev–Trinajstić information content (AvgIpc) is 3.11. The van der Waals surface area contributed by atoms with E-state index in [9.17, 15) is 19.5 Å². The summed E-state index contributed by atoms with van der Waals surface area (Å²) < 4.78 is 0.795. The molecule has 0 fully saturated rings. The molecule has 3 aromatic carbocycles. The van der Waals surface area contributed by atoms with Gasteiger partial charge in [0.15, 0.2) is 11.6 Å². The fraction of sp³-hybridized carbons (Fsp3) is 0.0417. The summed E-state index contributed by atoms with van der Waals surface area (Å²) in [5.41, 5.74) is 2.94. The second-order valence-electron chi connectivity index (χ2n) is 6.69. The summed E-state index contributed by atoms with van der Waals surface area (Å²) in [6.07, 6.45) is 0.773. The van der Waals surface area contributed by atoms with Crippen LogP contribution in [0.2, 0.25) is 0 Å². The van der Waals surface area contributed by atoms with E-state index in [1.807, 2.05) is 12.1 Å². The molecule has 0 spiro atoms. The Morgan fingerprint density at radius 3 is 2.17 bits per heavy atom. The highest BCUT2D eigenvalue weighted by atomic mass is 32.1. The Balaban J connectivity index is 1.89. The van der Waals surface area contributed by atoms with E-state index >= 15 is 0 Å². The van der Waals surface area contributed by atoms with Gasteiger partial charge in [-0.15, -0.1) is 11.3 Å². The zero-order valence-electron chi connectivity index (χ0n) is 15.5. The molecule has 142 valence electrons. The number of benzene rings is 3. The second-order valence-corrected chi connectivity index (χ2v) is 7.74. The van der Waals surface area contributed by atoms with E-state index in [2.05, 4.69) is 0 Å². The summed E-state index contributed by atoms with van der Waals surface area (Å²) in [7, 11) is 0. The summed E-state index contributed by atoms with van der Waals surface area (Å²) >= 11 is 1.41. The van der Waals surface area contributed by atoms with Crippen molar-refractivity contribution < 1.29 is 19.5 Å². The van der Waals surface area contributed by atoms with Crippen molar-refractivity contribution >= 4 is 39.3 Å². The number of aldehydes is 1. The predicted octanol–water partition coefficient (Wildman–Crippen LogP) is 5.52. The number of phenolic OH excluding ortho intramolecular Hbond substituents is 1. The van der Waals surface area contributed by atoms with Gasteiger partial charge in [-0.05, 0) is 30.7 Å². The van der Waals surface area contributed by atoms with Gasteiger partial charge in [0.05, 0.1) is 0 Å². The monoisotopic (exact) mass is 400 g/mol. The zero-order valence-corrected chi connectivity index (χ0v) is 16.3. The molecule has 0 aliphatic heterocycles. The van der Waals surface area contributed by atoms with Crippen molar-refractivity contribution in [1.82, 2.24) is 0 Å². The highest BCUT2D eigenvalue weighted by Gasteiger charge is 2.22. The molecule has 5 heteroatoms. The third-order valence-electron chi connectivity index (χ3n) is 4.76. The van der Waals surface area contributed by atoms with Crippen LogP contribution in [0.1, 0.15) is 43.6 Å². The minimum absolute atomic E-state index is 0.0589. The number of hydrogen-bond acceptors (Lipinski definition) is 5. The molecular weight excluding hydrogens is 384 g/mol. The molecule has 1 heterocycles. The van der Waals surface area contributed by atoms with E-state index in [0.29, 0.717) is 22.3 Å². The van der Waals surface area contributed by atoms with Gasteiger partial charge in [-0.3, -0.25) is 14.4 Å². The van der Waals surface area contributed by atoms with Gasteiger partial charge >= 0.3 is 0 Å². The maximum atomic E-state index is 13.4. The van der Waals surface area contributed by atoms with Gasteiger partial charge in [-0.2, -0.15) is 0 Å². The van der Waals surface area contributed by atoms with Crippen LogP contribution in [0.15, 0.2) is 66.7 Å². The van der Waals surface area contributed by atoms with Crippen LogP contribution in [-0.2, 0) is 0 Å². The van der Waals surface area contributed by atoms with Crippen LogP contribution < -0.4 is 0 Å². The standard InChI is InChI=1S/C24H16O4S/c1-14(26)16-6-8-17(9-7-16)23(28)22-20-11-10-19(27)12-21(20)29-24(22)18-4-2-15(13-25)3-5-18/h2-13,27H,1H3. The highest BCUT2D eigenvalue weighted by Crippen LogP contribution is 2.41. The number of hydrogen-bond donors (Lipinski definition) is 1. The first kappa shape index (κ1) is 18.8. The maximum absolute atomic E-state index is 13.4. The van der Waals surface area contributed by atoms with Crippen LogP contribution in [0.5, 0.6) is 5.75 Å². The number of phenols is 1. The second kappa shape index (κ2) is 7.45. The quantitative estimate of drug-likeness (QED) is 0.354. The Hall–Kier alpha value is -3.57. The number of fused-ring (bicyclic) bond motifs is 1. The van der Waals surface area contributed by atoms with E-state index < -0.39 is 0 Å². The van der Waals surface area contributed by atoms with Crippen molar-refractivity contribution in [3.05, 3.63) is 89.0 Å². The van der Waals surface area contributed by atoms with Gasteiger partial charge < -0.3 is 5.11 Å². The molecule has 0 aliphatic rings. The third kappa shape index (κ3) is 3.48. The van der Waals surface area contributed by atoms with Crippen LogP contribution in [0.25, 0.3) is 20.5 Å². The van der Waals surface area contributed by atoms with Crippen molar-refractivity contribution in [3.8, 4) is 16.2 Å². The molecule has 0 atom stereocenters. The van der Waals surface area contributed by atoms with E-state index in [4.69, 9.17) is 0 Å². The smallest absolute Gasteiger partial charge is 0.195 e. The van der Waals surface area contributed by atoms with Gasteiger partial charge in [-0.25, -0.2) is 0 Å². The third-order valence-corrected chi connectivity index (χ3v) is 5.96. The van der Waals surface area contributed by atoms with Crippen molar-refractivity contribution in [3.63, 3.8) is 0 Å². The van der Waals surface area contributed by atoms with Gasteiger partial charge in [0.2, 0.25) is 0 Å². The van der Waals surface area contributed by atoms with Crippen LogP contribution in [0.3, 0.4) is 0 Å². The average molecular weight is 400 g/mol. The van der Waals surface area contributed by atoms with Gasteiger partial charge in [0, 0.05) is 37.2 Å². The molecule has 0 saturated carbocycles. The SMILES string of the molecule is CC(=O)c1ccc(C(=O)c2c(-c3ccc(C=O)cc3)sc3cc(O)ccc23)cc1. The molecule has 0 unspecified atom stereocenters. The summed E-state index contributed by atoms with van der Waals surface area (Å²) in [4.78, 5) is 36.7. The van der Waals surface area contributed by atoms with E-state index in [1.54, 1.807) is 54.6 Å². The van der Waals surface area contributed by atoms with Crippen LogP contribution >= 0.6 is 11.3 Å². The minimum Gasteiger partial charge on any atom is -0.508 e. The first-order valence-electron chi connectivity index (χ1n) is 8.95. The Bertz CT molecular complexity index is 1250. The molecule has 29 heavy (non-hydrogen) atoms. The fourth-order valence-corrected chi connectivity index (χ4v) is 4.47. The molecule has 1 aromatic heterocycles. The molecule has 0 amide bonds. The van der Waals surface area contributed by atoms with Crippen molar-refractivity contribution in [2.75, 3.05) is 0 Å². The summed E-state index contributed by atoms with van der Waals surface area (Å²) in [5, 5.41) is 10.6. The highest BCUT2D eigenvalue weighted by molar-refractivity contribution is 7.22. The molecule has 0 aliphatic carbocycles. The Morgan fingerprint density at radius 2 is 1.55 bits per heavy atom. The first-order valence-corrected chi connectivity index (χ1v) is 9.76. The van der Waals surface area contributed by atoms with Crippen LogP contribution in [-0.4, -0.2) is 23.0 Å². The molecule has 0 bridgehead atoms. The number of Topliss-reactive ketones (excluding diaryl/α,β-unsaturated/α-hetero) is 1. The number of carbonyl (C=O) groups is 3. The summed E-state index contributed by atoms with van der Waals surface area (Å²) in [6, 6.07) is 18.6. The number of rotatable bonds is 5. The van der Waals surface area contributed by atoms with Crippen LogP contribution in [0, 0.1) is 0 Å². The molecule has 1 N–H and O–H groups in total. The lowest BCUT2D eigenvalue weighted by molar-refractivity contribution is 0.101. The normalized spacial score (nSPS) is 10.8. The molecular formula is C24H16O4S. The van der Waals surface area contributed by atoms with E-state index in [1.165, 1.54) is 18.3 Å². The van der Waals surface area contributed by atoms with Gasteiger partial charge in [-0.1, -0.05) is 48.5 Å². The molecule has 0 radical (unpaired) electrons. The van der Waals surface area contributed by atoms with Crippen molar-refractivity contribution in [2.45, 2.75) is 6.92 Å². The lowest BCUT2D eigenvalue weighted by atomic mass is 9.96. The Morgan fingerprint density at radius 1 is 0.897 bits per heavy atom. The number of carbonyl (C=O) groups excluding carboxylic acids is 3. The molecule has 0 saturated heterocycles. The van der Waals surface area contributed by atoms with E-state index in [0.717, 1.165) is 26.8 Å². The van der Waals surface area contributed by atoms with E-state index in [-0.39, 0.29) is 17.3 Å². The van der Waals surface area contributed by atoms with Crippen LogP contribution in [0.4, 0.5) is 0 Å². The number of ketones is 2. The van der Waals surface area contributed by atoms with Gasteiger partial charge in [0.1, 0.15) is 12.0 Å². The summed E-state index contributed by atoms with van der Waals surface area (Å²) in [5.74, 6) is -0.0886. The van der Waals surface area contributed by atoms with Crippen molar-refractivity contribution in [1.29, 1.82) is 0 Å². The molecule has 4 rings (SSSR count). The maximum Gasteiger partial charge on any atom is 0.195 e. The number of aromatic hydroxyl groups is 1. The first-order chi connectivity index (χ1) is 14.0. The largest absolute Gasteiger partial charge is 0.508 e. The number of thiophene rings is 1. The Labute approximate surface area is 171 Å². The molecule has 4 nitrogen and oxygen atoms in total. The van der Waals surface area contributed by atoms with Crippen molar-refractivity contribution in [2.24, 2.45) is 0 Å². The lowest BCUT2D eigenvalue weighted by Crippen LogP contribution is -2.03. The minimum atomic E-state index is -0.161. The zero-order chi connectivity index (χ0) is 20.5. The predicted molar refractivity (Wildman–Crippen MR) is 114 cm³/mol. The molecule has 4 aromatic rings. The lowest BCUT2D eigenvalue weighted by Gasteiger charge is -2.06. The topological polar surface area (TPSA) is 71.4 Å². The Kier molecular flexibility index (Phi) is 4.82. The van der Waals surface area contributed by atoms with Gasteiger partial charge in [0.25, 0.3) is 0 Å².